The minimum Gasteiger partial charge on any atom is -0.472 e. The monoisotopic (exact) mass is 292 g/mol. The average molecular weight is 292 g/mol. The zero-order chi connectivity index (χ0) is 14.7. The van der Waals surface area contributed by atoms with E-state index in [1.54, 1.807) is 12.4 Å². The molecule has 0 amide bonds. The van der Waals surface area contributed by atoms with E-state index >= 15 is 0 Å². The molecule has 1 saturated carbocycles. The highest BCUT2D eigenvalue weighted by atomic mass is 16.5. The molecule has 0 radical (unpaired) electrons. The molecule has 1 aromatic heterocycles. The van der Waals surface area contributed by atoms with Crippen molar-refractivity contribution in [3.05, 3.63) is 12.4 Å². The van der Waals surface area contributed by atoms with Crippen molar-refractivity contribution in [1.29, 1.82) is 0 Å². The minimum atomic E-state index is 0.243. The van der Waals surface area contributed by atoms with E-state index in [0.717, 1.165) is 44.6 Å². The van der Waals surface area contributed by atoms with Gasteiger partial charge in [-0.3, -0.25) is 0 Å². The maximum atomic E-state index is 9.23. The van der Waals surface area contributed by atoms with E-state index in [1.165, 1.54) is 0 Å². The summed E-state index contributed by atoms with van der Waals surface area (Å²) < 4.78 is 6.02. The van der Waals surface area contributed by atoms with Crippen LogP contribution in [-0.2, 0) is 0 Å². The summed E-state index contributed by atoms with van der Waals surface area (Å²) in [7, 11) is 1.99. The lowest BCUT2D eigenvalue weighted by Gasteiger charge is -2.36. The third-order valence-corrected chi connectivity index (χ3v) is 4.60. The molecule has 1 aliphatic heterocycles. The van der Waals surface area contributed by atoms with E-state index in [0.29, 0.717) is 17.8 Å². The predicted molar refractivity (Wildman–Crippen MR) is 80.6 cm³/mol. The van der Waals surface area contributed by atoms with E-state index in [1.807, 2.05) is 7.05 Å². The number of aliphatic hydroxyl groups is 1. The normalized spacial score (nSPS) is 26.5. The maximum absolute atomic E-state index is 9.23. The molecule has 2 heterocycles. The van der Waals surface area contributed by atoms with Gasteiger partial charge in [-0.1, -0.05) is 0 Å². The Hall–Kier alpha value is -1.40. The van der Waals surface area contributed by atoms with Gasteiger partial charge in [-0.15, -0.1) is 0 Å². The van der Waals surface area contributed by atoms with Crippen molar-refractivity contribution in [2.45, 2.75) is 37.8 Å². The van der Waals surface area contributed by atoms with Crippen LogP contribution in [0.5, 0.6) is 5.88 Å². The number of anilines is 1. The van der Waals surface area contributed by atoms with Crippen LogP contribution >= 0.6 is 0 Å². The fraction of sp³-hybridized carbons (Fsp3) is 0.733. The summed E-state index contributed by atoms with van der Waals surface area (Å²) in [6.07, 6.45) is 7.70. The van der Waals surface area contributed by atoms with Gasteiger partial charge in [-0.05, 0) is 38.6 Å². The fourth-order valence-corrected chi connectivity index (χ4v) is 3.00. The minimum absolute atomic E-state index is 0.243. The third-order valence-electron chi connectivity index (χ3n) is 4.60. The summed E-state index contributed by atoms with van der Waals surface area (Å²) in [5.41, 5.74) is 0. The van der Waals surface area contributed by atoms with E-state index in [-0.39, 0.29) is 12.7 Å². The molecule has 116 valence electrons. The maximum Gasteiger partial charge on any atom is 0.257 e. The fourth-order valence-electron chi connectivity index (χ4n) is 3.00. The third kappa shape index (κ3) is 3.27. The van der Waals surface area contributed by atoms with E-state index < -0.39 is 0 Å². The zero-order valence-corrected chi connectivity index (χ0v) is 12.5. The second-order valence-corrected chi connectivity index (χ2v) is 5.99. The molecule has 0 aromatic carbocycles. The van der Waals surface area contributed by atoms with E-state index in [9.17, 15) is 5.11 Å². The van der Waals surface area contributed by atoms with Crippen molar-refractivity contribution in [1.82, 2.24) is 15.3 Å². The lowest BCUT2D eigenvalue weighted by atomic mass is 9.89. The molecule has 21 heavy (non-hydrogen) atoms. The van der Waals surface area contributed by atoms with Gasteiger partial charge in [0.05, 0.1) is 0 Å². The Balaban J connectivity index is 1.63. The van der Waals surface area contributed by atoms with Crippen LogP contribution in [0.3, 0.4) is 0 Å². The van der Waals surface area contributed by atoms with Crippen LogP contribution in [0.4, 0.5) is 5.82 Å². The molecule has 2 N–H and O–H groups in total. The van der Waals surface area contributed by atoms with Gasteiger partial charge in [-0.2, -0.15) is 0 Å². The molecular formula is C15H24N4O2. The molecule has 6 nitrogen and oxygen atoms in total. The number of nitrogens with zero attached hydrogens (tertiary/aromatic N) is 3. The number of ether oxygens (including phenoxy) is 1. The molecule has 2 fully saturated rings. The Morgan fingerprint density at radius 3 is 2.67 bits per heavy atom. The van der Waals surface area contributed by atoms with Crippen LogP contribution in [0.25, 0.3) is 0 Å². The Morgan fingerprint density at radius 2 is 2.00 bits per heavy atom. The Labute approximate surface area is 125 Å². The van der Waals surface area contributed by atoms with Crippen molar-refractivity contribution in [3.8, 4) is 5.88 Å². The van der Waals surface area contributed by atoms with Crippen LogP contribution in [0.1, 0.15) is 25.7 Å². The standard InChI is InChI=1S/C15H24N4O2/c1-16-12-8-13(9-12)21-15-14(17-4-5-18-15)19-6-2-11(10-20)3-7-19/h4-5,11-13,16,20H,2-3,6-10H2,1H3. The van der Waals surface area contributed by atoms with Crippen LogP contribution in [0, 0.1) is 5.92 Å². The number of aliphatic hydroxyl groups excluding tert-OH is 1. The summed E-state index contributed by atoms with van der Waals surface area (Å²) in [5, 5.41) is 12.5. The molecule has 2 aliphatic rings. The quantitative estimate of drug-likeness (QED) is 0.837. The Kier molecular flexibility index (Phi) is 4.55. The molecule has 1 saturated heterocycles. The molecule has 0 unspecified atom stereocenters. The summed E-state index contributed by atoms with van der Waals surface area (Å²) in [6, 6.07) is 0.565. The van der Waals surface area contributed by atoms with Crippen molar-refractivity contribution >= 4 is 5.82 Å². The van der Waals surface area contributed by atoms with Crippen molar-refractivity contribution in [2.75, 3.05) is 31.6 Å². The molecule has 3 rings (SSSR count). The van der Waals surface area contributed by atoms with Crippen LogP contribution in [0.15, 0.2) is 12.4 Å². The number of hydrogen-bond acceptors (Lipinski definition) is 6. The highest BCUT2D eigenvalue weighted by Gasteiger charge is 2.31. The Morgan fingerprint density at radius 1 is 1.29 bits per heavy atom. The molecule has 1 aliphatic carbocycles. The molecule has 0 atom stereocenters. The van der Waals surface area contributed by atoms with Gasteiger partial charge in [0.1, 0.15) is 6.10 Å². The Bertz CT molecular complexity index is 457. The smallest absolute Gasteiger partial charge is 0.257 e. The van der Waals surface area contributed by atoms with Gasteiger partial charge in [-0.25, -0.2) is 9.97 Å². The second kappa shape index (κ2) is 6.58. The van der Waals surface area contributed by atoms with E-state index in [2.05, 4.69) is 20.2 Å². The number of rotatable bonds is 5. The van der Waals surface area contributed by atoms with Crippen LogP contribution in [-0.4, -0.2) is 54.0 Å². The topological polar surface area (TPSA) is 70.5 Å². The summed E-state index contributed by atoms with van der Waals surface area (Å²) >= 11 is 0. The number of aromatic nitrogens is 2. The van der Waals surface area contributed by atoms with Gasteiger partial charge < -0.3 is 20.1 Å². The van der Waals surface area contributed by atoms with Crippen molar-refractivity contribution < 1.29 is 9.84 Å². The number of piperidine rings is 1. The predicted octanol–water partition coefficient (Wildman–Crippen LogP) is 0.814. The lowest BCUT2D eigenvalue weighted by Crippen LogP contribution is -2.45. The highest BCUT2D eigenvalue weighted by molar-refractivity contribution is 5.48. The SMILES string of the molecule is CNC1CC(Oc2nccnc2N2CCC(CO)CC2)C1. The summed E-state index contributed by atoms with van der Waals surface area (Å²) in [4.78, 5) is 11.1. The summed E-state index contributed by atoms with van der Waals surface area (Å²) in [5.74, 6) is 1.92. The first-order valence-corrected chi connectivity index (χ1v) is 7.81. The first-order chi connectivity index (χ1) is 10.3. The largest absolute Gasteiger partial charge is 0.472 e. The van der Waals surface area contributed by atoms with Gasteiger partial charge >= 0.3 is 0 Å². The molecular weight excluding hydrogens is 268 g/mol. The highest BCUT2D eigenvalue weighted by Crippen LogP contribution is 2.31. The van der Waals surface area contributed by atoms with Crippen LogP contribution < -0.4 is 15.0 Å². The molecule has 1 aromatic rings. The zero-order valence-electron chi connectivity index (χ0n) is 12.5. The first-order valence-electron chi connectivity index (χ1n) is 7.81. The van der Waals surface area contributed by atoms with Crippen molar-refractivity contribution in [3.63, 3.8) is 0 Å². The first kappa shape index (κ1) is 14.5. The van der Waals surface area contributed by atoms with Gasteiger partial charge in [0.15, 0.2) is 5.82 Å². The molecule has 0 bridgehead atoms. The number of nitrogens with one attached hydrogen (secondary N) is 1. The van der Waals surface area contributed by atoms with Crippen LogP contribution in [0.2, 0.25) is 0 Å². The molecule has 0 spiro atoms. The van der Waals surface area contributed by atoms with Gasteiger partial charge in [0.2, 0.25) is 0 Å². The van der Waals surface area contributed by atoms with Gasteiger partial charge in [0.25, 0.3) is 5.88 Å². The molecule has 6 heteroatoms. The average Bonchev–Trinajstić information content (AvgIpc) is 2.51. The lowest BCUT2D eigenvalue weighted by molar-refractivity contribution is 0.0837. The van der Waals surface area contributed by atoms with E-state index in [4.69, 9.17) is 4.74 Å². The number of hydrogen-bond donors (Lipinski definition) is 2. The van der Waals surface area contributed by atoms with Crippen molar-refractivity contribution in [2.24, 2.45) is 5.92 Å². The summed E-state index contributed by atoms with van der Waals surface area (Å²) in [6.45, 7) is 2.10. The second-order valence-electron chi connectivity index (χ2n) is 5.99. The van der Waals surface area contributed by atoms with Gasteiger partial charge in [0, 0.05) is 38.1 Å².